The lowest BCUT2D eigenvalue weighted by Gasteiger charge is -2.34. The predicted molar refractivity (Wildman–Crippen MR) is 45.7 cm³/mol. The van der Waals surface area contributed by atoms with Crippen LogP contribution in [0.5, 0.6) is 0 Å². The van der Waals surface area contributed by atoms with Gasteiger partial charge in [0, 0.05) is 6.04 Å². The molecule has 0 heterocycles. The van der Waals surface area contributed by atoms with Gasteiger partial charge < -0.3 is 15.9 Å². The molecule has 0 aromatic rings. The van der Waals surface area contributed by atoms with Gasteiger partial charge in [0.1, 0.15) is 5.41 Å². The van der Waals surface area contributed by atoms with Crippen LogP contribution in [0.3, 0.4) is 0 Å². The number of nitrogens with two attached hydrogens (primary N) is 1. The molecule has 72 valence electrons. The maximum atomic E-state index is 10.9. The van der Waals surface area contributed by atoms with E-state index in [1.807, 2.05) is 0 Å². The van der Waals surface area contributed by atoms with Crippen molar-refractivity contribution in [2.45, 2.75) is 39.3 Å². The van der Waals surface area contributed by atoms with E-state index in [1.165, 1.54) is 6.92 Å². The zero-order chi connectivity index (χ0) is 9.94. The zero-order valence-electron chi connectivity index (χ0n) is 7.74. The second-order valence-corrected chi connectivity index (χ2v) is 3.16. The van der Waals surface area contributed by atoms with E-state index in [4.69, 9.17) is 10.8 Å². The first-order chi connectivity index (χ1) is 5.39. The Labute approximate surface area is 72.4 Å². The van der Waals surface area contributed by atoms with E-state index >= 15 is 0 Å². The second kappa shape index (κ2) is 3.87. The minimum absolute atomic E-state index is 0.331. The van der Waals surface area contributed by atoms with Crippen LogP contribution in [0.15, 0.2) is 0 Å². The minimum Gasteiger partial charge on any atom is -0.481 e. The molecule has 0 aromatic heterocycles. The lowest BCUT2D eigenvalue weighted by Crippen LogP contribution is -2.52. The first-order valence-electron chi connectivity index (χ1n) is 4.06. The van der Waals surface area contributed by atoms with Crippen LogP contribution in [0.25, 0.3) is 0 Å². The molecule has 0 spiro atoms. The number of hydrogen-bond donors (Lipinski definition) is 3. The van der Waals surface area contributed by atoms with Crippen LogP contribution in [0, 0.1) is 5.41 Å². The second-order valence-electron chi connectivity index (χ2n) is 3.16. The van der Waals surface area contributed by atoms with Gasteiger partial charge in [-0.25, -0.2) is 0 Å². The standard InChI is InChI=1S/C8H17NO3/c1-4-8(5(2)9,6(3)10)7(11)12/h5-6,10H,4,9H2,1-3H3,(H,11,12). The third-order valence-electron chi connectivity index (χ3n) is 2.54. The summed E-state index contributed by atoms with van der Waals surface area (Å²) >= 11 is 0. The average molecular weight is 175 g/mol. The number of aliphatic hydroxyl groups excluding tert-OH is 1. The molecule has 0 fully saturated rings. The Morgan fingerprint density at radius 1 is 1.58 bits per heavy atom. The maximum absolute atomic E-state index is 10.9. The van der Waals surface area contributed by atoms with Crippen LogP contribution >= 0.6 is 0 Å². The van der Waals surface area contributed by atoms with Crippen LogP contribution in [0.1, 0.15) is 27.2 Å². The molecule has 3 atom stereocenters. The summed E-state index contributed by atoms with van der Waals surface area (Å²) in [4.78, 5) is 10.9. The highest BCUT2D eigenvalue weighted by molar-refractivity contribution is 5.76. The first-order valence-corrected chi connectivity index (χ1v) is 4.06. The molecule has 12 heavy (non-hydrogen) atoms. The third kappa shape index (κ3) is 1.59. The largest absolute Gasteiger partial charge is 0.481 e. The summed E-state index contributed by atoms with van der Waals surface area (Å²) < 4.78 is 0. The van der Waals surface area contributed by atoms with Crippen LogP contribution < -0.4 is 5.73 Å². The Morgan fingerprint density at radius 2 is 2.00 bits per heavy atom. The Kier molecular flexibility index (Phi) is 3.67. The molecule has 0 aliphatic carbocycles. The van der Waals surface area contributed by atoms with E-state index in [1.54, 1.807) is 13.8 Å². The summed E-state index contributed by atoms with van der Waals surface area (Å²) in [5, 5.41) is 18.3. The summed E-state index contributed by atoms with van der Waals surface area (Å²) in [6, 6.07) is -0.556. The Balaban J connectivity index is 4.90. The molecule has 0 aliphatic heterocycles. The van der Waals surface area contributed by atoms with E-state index in [-0.39, 0.29) is 0 Å². The molecule has 4 nitrogen and oxygen atoms in total. The highest BCUT2D eigenvalue weighted by atomic mass is 16.4. The van der Waals surface area contributed by atoms with Crippen LogP contribution in [-0.4, -0.2) is 28.3 Å². The molecule has 0 aliphatic rings. The summed E-state index contributed by atoms with van der Waals surface area (Å²) in [5.74, 6) is -1.03. The van der Waals surface area contributed by atoms with Crippen molar-refractivity contribution >= 4 is 5.97 Å². The van der Waals surface area contributed by atoms with Crippen LogP contribution in [0.2, 0.25) is 0 Å². The molecule has 4 N–H and O–H groups in total. The summed E-state index contributed by atoms with van der Waals surface area (Å²) in [5.41, 5.74) is 4.33. The van der Waals surface area contributed by atoms with Crippen LogP contribution in [0.4, 0.5) is 0 Å². The van der Waals surface area contributed by atoms with E-state index < -0.39 is 23.5 Å². The van der Waals surface area contributed by atoms with Gasteiger partial charge in [-0.15, -0.1) is 0 Å². The van der Waals surface area contributed by atoms with E-state index in [2.05, 4.69) is 0 Å². The zero-order valence-corrected chi connectivity index (χ0v) is 7.74. The highest BCUT2D eigenvalue weighted by Gasteiger charge is 2.44. The summed E-state index contributed by atoms with van der Waals surface area (Å²) in [7, 11) is 0. The van der Waals surface area contributed by atoms with Crippen molar-refractivity contribution in [3.63, 3.8) is 0 Å². The summed E-state index contributed by atoms with van der Waals surface area (Å²) in [6.45, 7) is 4.77. The molecule has 0 amide bonds. The molecule has 0 rings (SSSR count). The van der Waals surface area contributed by atoms with E-state index in [9.17, 15) is 9.90 Å². The minimum atomic E-state index is -1.21. The van der Waals surface area contributed by atoms with Gasteiger partial charge in [-0.1, -0.05) is 6.92 Å². The molecule has 0 saturated heterocycles. The molecule has 3 unspecified atom stereocenters. The lowest BCUT2D eigenvalue weighted by atomic mass is 9.74. The van der Waals surface area contributed by atoms with Crippen molar-refractivity contribution in [3.05, 3.63) is 0 Å². The number of carboxylic acid groups (broad SMARTS) is 1. The number of aliphatic carboxylic acids is 1. The number of carbonyl (C=O) groups is 1. The van der Waals surface area contributed by atoms with Gasteiger partial charge in [-0.3, -0.25) is 4.79 Å². The summed E-state index contributed by atoms with van der Waals surface area (Å²) in [6.07, 6.45) is -0.600. The monoisotopic (exact) mass is 175 g/mol. The molecule has 0 radical (unpaired) electrons. The van der Waals surface area contributed by atoms with Gasteiger partial charge in [0.2, 0.25) is 0 Å². The molecule has 4 heteroatoms. The fraction of sp³-hybridized carbons (Fsp3) is 0.875. The number of hydrogen-bond acceptors (Lipinski definition) is 3. The van der Waals surface area contributed by atoms with Gasteiger partial charge in [-0.2, -0.15) is 0 Å². The van der Waals surface area contributed by atoms with Gasteiger partial charge in [0.05, 0.1) is 6.10 Å². The molecule has 0 saturated carbocycles. The van der Waals surface area contributed by atoms with E-state index in [0.29, 0.717) is 6.42 Å². The fourth-order valence-corrected chi connectivity index (χ4v) is 1.52. The topological polar surface area (TPSA) is 83.5 Å². The van der Waals surface area contributed by atoms with Gasteiger partial charge in [-0.05, 0) is 20.3 Å². The van der Waals surface area contributed by atoms with Gasteiger partial charge in [0.15, 0.2) is 0 Å². The van der Waals surface area contributed by atoms with Crippen molar-refractivity contribution in [1.29, 1.82) is 0 Å². The lowest BCUT2D eigenvalue weighted by molar-refractivity contribution is -0.158. The van der Waals surface area contributed by atoms with Crippen molar-refractivity contribution in [2.75, 3.05) is 0 Å². The van der Waals surface area contributed by atoms with Crippen molar-refractivity contribution in [3.8, 4) is 0 Å². The maximum Gasteiger partial charge on any atom is 0.313 e. The SMILES string of the molecule is CCC(C(=O)O)(C(C)N)C(C)O. The predicted octanol–water partition coefficient (Wildman–Crippen LogP) is 0.195. The van der Waals surface area contributed by atoms with Gasteiger partial charge in [0.25, 0.3) is 0 Å². The highest BCUT2D eigenvalue weighted by Crippen LogP contribution is 2.30. The van der Waals surface area contributed by atoms with Crippen molar-refractivity contribution in [2.24, 2.45) is 11.1 Å². The van der Waals surface area contributed by atoms with E-state index in [0.717, 1.165) is 0 Å². The smallest absolute Gasteiger partial charge is 0.313 e. The fourth-order valence-electron chi connectivity index (χ4n) is 1.52. The number of rotatable bonds is 4. The third-order valence-corrected chi connectivity index (χ3v) is 2.54. The Hall–Kier alpha value is -0.610. The quantitative estimate of drug-likeness (QED) is 0.569. The molecular weight excluding hydrogens is 158 g/mol. The average Bonchev–Trinajstić information content (AvgIpc) is 1.86. The van der Waals surface area contributed by atoms with Crippen molar-refractivity contribution < 1.29 is 15.0 Å². The van der Waals surface area contributed by atoms with Gasteiger partial charge >= 0.3 is 5.97 Å². The molecule has 0 aromatic carbocycles. The number of carboxylic acids is 1. The first kappa shape index (κ1) is 11.4. The molecule has 0 bridgehead atoms. The Morgan fingerprint density at radius 3 is 2.00 bits per heavy atom. The normalized spacial score (nSPS) is 21.1. The molecular formula is C8H17NO3. The number of aliphatic hydroxyl groups is 1. The van der Waals surface area contributed by atoms with Crippen molar-refractivity contribution in [1.82, 2.24) is 0 Å². The Bertz CT molecular complexity index is 158. The van der Waals surface area contributed by atoms with Crippen LogP contribution in [-0.2, 0) is 4.79 Å².